The van der Waals surface area contributed by atoms with Crippen LogP contribution in [0, 0.1) is 11.3 Å². The molecule has 1 aromatic carbocycles. The lowest BCUT2D eigenvalue weighted by molar-refractivity contribution is -0.131. The first-order chi connectivity index (χ1) is 8.22. The van der Waals surface area contributed by atoms with Gasteiger partial charge in [0.15, 0.2) is 6.10 Å². The normalized spacial score (nSPS) is 13.5. The first-order valence-electron chi connectivity index (χ1n) is 5.50. The molecule has 0 heterocycles. The Morgan fingerprint density at radius 1 is 1.47 bits per heavy atom. The molecule has 4 heteroatoms. The van der Waals surface area contributed by atoms with E-state index < -0.39 is 12.1 Å². The molecule has 4 nitrogen and oxygen atoms in total. The number of ether oxygens (including phenoxy) is 1. The Bertz CT molecular complexity index is 398. The molecule has 1 rings (SSSR count). The number of nitriles is 1. The highest BCUT2D eigenvalue weighted by atomic mass is 16.5. The fourth-order valence-electron chi connectivity index (χ4n) is 1.50. The lowest BCUT2D eigenvalue weighted by Crippen LogP contribution is -2.37. The summed E-state index contributed by atoms with van der Waals surface area (Å²) in [6.45, 7) is 1.85. The van der Waals surface area contributed by atoms with Crippen molar-refractivity contribution >= 4 is 5.91 Å². The van der Waals surface area contributed by atoms with Gasteiger partial charge >= 0.3 is 0 Å². The Balaban J connectivity index is 2.76. The van der Waals surface area contributed by atoms with Crippen LogP contribution in [0.3, 0.4) is 0 Å². The molecule has 0 aliphatic rings. The number of amides is 1. The summed E-state index contributed by atoms with van der Waals surface area (Å²) >= 11 is 0. The Kier molecular flexibility index (Phi) is 5.18. The van der Waals surface area contributed by atoms with Crippen LogP contribution in [0.25, 0.3) is 0 Å². The smallest absolute Gasteiger partial charge is 0.254 e. The van der Waals surface area contributed by atoms with E-state index in [1.165, 1.54) is 7.11 Å². The average Bonchev–Trinajstić information content (AvgIpc) is 2.38. The van der Waals surface area contributed by atoms with E-state index in [-0.39, 0.29) is 5.91 Å². The van der Waals surface area contributed by atoms with Gasteiger partial charge in [-0.2, -0.15) is 5.26 Å². The van der Waals surface area contributed by atoms with Gasteiger partial charge in [0.25, 0.3) is 5.91 Å². The molecule has 1 N–H and O–H groups in total. The van der Waals surface area contributed by atoms with Crippen LogP contribution in [0.15, 0.2) is 30.3 Å². The van der Waals surface area contributed by atoms with E-state index in [0.717, 1.165) is 5.56 Å². The van der Waals surface area contributed by atoms with Gasteiger partial charge < -0.3 is 10.1 Å². The van der Waals surface area contributed by atoms with E-state index in [9.17, 15) is 4.79 Å². The minimum Gasteiger partial charge on any atom is -0.367 e. The molecule has 1 amide bonds. The number of nitrogens with zero attached hydrogens (tertiary/aromatic N) is 1. The number of methoxy groups -OCH3 is 1. The van der Waals surface area contributed by atoms with Crippen LogP contribution in [-0.4, -0.2) is 19.1 Å². The topological polar surface area (TPSA) is 62.1 Å². The predicted molar refractivity (Wildman–Crippen MR) is 64.0 cm³/mol. The van der Waals surface area contributed by atoms with Crippen molar-refractivity contribution < 1.29 is 9.53 Å². The Morgan fingerprint density at radius 3 is 2.59 bits per heavy atom. The molecule has 17 heavy (non-hydrogen) atoms. The largest absolute Gasteiger partial charge is 0.367 e. The SMILES string of the molecule is CCC(C#N)NC(=O)C(OC)c1ccccc1. The van der Waals surface area contributed by atoms with Gasteiger partial charge in [0.05, 0.1) is 6.07 Å². The summed E-state index contributed by atoms with van der Waals surface area (Å²) < 4.78 is 5.17. The lowest BCUT2D eigenvalue weighted by atomic mass is 10.1. The van der Waals surface area contributed by atoms with Gasteiger partial charge in [0.2, 0.25) is 0 Å². The molecule has 0 radical (unpaired) electrons. The van der Waals surface area contributed by atoms with E-state index in [0.29, 0.717) is 6.42 Å². The number of benzene rings is 1. The van der Waals surface area contributed by atoms with Gasteiger partial charge in [-0.25, -0.2) is 0 Å². The minimum atomic E-state index is -0.668. The van der Waals surface area contributed by atoms with E-state index in [2.05, 4.69) is 5.32 Å². The number of rotatable bonds is 5. The van der Waals surface area contributed by atoms with Gasteiger partial charge in [-0.3, -0.25) is 4.79 Å². The quantitative estimate of drug-likeness (QED) is 0.841. The van der Waals surface area contributed by atoms with Crippen LogP contribution in [0.2, 0.25) is 0 Å². The zero-order chi connectivity index (χ0) is 12.7. The van der Waals surface area contributed by atoms with Crippen LogP contribution >= 0.6 is 0 Å². The summed E-state index contributed by atoms with van der Waals surface area (Å²) in [6, 6.07) is 10.8. The zero-order valence-electron chi connectivity index (χ0n) is 10.0. The van der Waals surface area contributed by atoms with Crippen LogP contribution in [-0.2, 0) is 9.53 Å². The third-order valence-corrected chi connectivity index (χ3v) is 2.46. The molecule has 2 atom stereocenters. The molecule has 0 spiro atoms. The average molecular weight is 232 g/mol. The number of carbonyl (C=O) groups excluding carboxylic acids is 1. The molecule has 0 aromatic heterocycles. The van der Waals surface area contributed by atoms with Gasteiger partial charge in [0, 0.05) is 7.11 Å². The molecule has 0 fully saturated rings. The van der Waals surface area contributed by atoms with Crippen molar-refractivity contribution in [1.82, 2.24) is 5.32 Å². The summed E-state index contributed by atoms with van der Waals surface area (Å²) in [7, 11) is 1.48. The van der Waals surface area contributed by atoms with Crippen molar-refractivity contribution in [3.05, 3.63) is 35.9 Å². The minimum absolute atomic E-state index is 0.285. The highest BCUT2D eigenvalue weighted by Crippen LogP contribution is 2.16. The Morgan fingerprint density at radius 2 is 2.12 bits per heavy atom. The molecule has 0 aliphatic heterocycles. The number of nitrogens with one attached hydrogen (secondary N) is 1. The van der Waals surface area contributed by atoms with Crippen molar-refractivity contribution in [1.29, 1.82) is 5.26 Å². The van der Waals surface area contributed by atoms with Gasteiger partial charge in [-0.1, -0.05) is 37.3 Å². The molecule has 1 aromatic rings. The van der Waals surface area contributed by atoms with Crippen molar-refractivity contribution in [3.63, 3.8) is 0 Å². The molecule has 0 saturated heterocycles. The number of hydrogen-bond acceptors (Lipinski definition) is 3. The molecule has 0 saturated carbocycles. The van der Waals surface area contributed by atoms with E-state index in [4.69, 9.17) is 10.00 Å². The Hall–Kier alpha value is -1.86. The van der Waals surface area contributed by atoms with Crippen molar-refractivity contribution in [2.45, 2.75) is 25.5 Å². The molecule has 2 unspecified atom stereocenters. The van der Waals surface area contributed by atoms with Crippen LogP contribution < -0.4 is 5.32 Å². The predicted octanol–water partition coefficient (Wildman–Crippen LogP) is 1.79. The van der Waals surface area contributed by atoms with E-state index in [1.807, 2.05) is 43.3 Å². The standard InChI is InChI=1S/C13H16N2O2/c1-3-11(9-14)15-13(16)12(17-2)10-7-5-4-6-8-10/h4-8,11-12H,3H2,1-2H3,(H,15,16). The van der Waals surface area contributed by atoms with Crippen molar-refractivity contribution in [2.75, 3.05) is 7.11 Å². The summed E-state index contributed by atoms with van der Waals surface area (Å²) in [5, 5.41) is 11.4. The molecular formula is C13H16N2O2. The lowest BCUT2D eigenvalue weighted by Gasteiger charge is -2.17. The van der Waals surface area contributed by atoms with E-state index in [1.54, 1.807) is 0 Å². The zero-order valence-corrected chi connectivity index (χ0v) is 10.0. The first kappa shape index (κ1) is 13.2. The number of carbonyl (C=O) groups is 1. The Labute approximate surface area is 101 Å². The fraction of sp³-hybridized carbons (Fsp3) is 0.385. The first-order valence-corrected chi connectivity index (χ1v) is 5.50. The monoisotopic (exact) mass is 232 g/mol. The van der Waals surface area contributed by atoms with E-state index >= 15 is 0 Å². The summed E-state index contributed by atoms with van der Waals surface area (Å²) in [4.78, 5) is 11.9. The maximum atomic E-state index is 11.9. The maximum Gasteiger partial charge on any atom is 0.254 e. The molecule has 0 bridgehead atoms. The molecule has 90 valence electrons. The molecule has 0 aliphatic carbocycles. The highest BCUT2D eigenvalue weighted by Gasteiger charge is 2.21. The fourth-order valence-corrected chi connectivity index (χ4v) is 1.50. The third-order valence-electron chi connectivity index (χ3n) is 2.46. The third kappa shape index (κ3) is 3.58. The number of hydrogen-bond donors (Lipinski definition) is 1. The summed E-state index contributed by atoms with van der Waals surface area (Å²) in [5.41, 5.74) is 0.778. The van der Waals surface area contributed by atoms with Crippen LogP contribution in [0.4, 0.5) is 0 Å². The second kappa shape index (κ2) is 6.66. The molecular weight excluding hydrogens is 216 g/mol. The van der Waals surface area contributed by atoms with Crippen molar-refractivity contribution in [3.8, 4) is 6.07 Å². The van der Waals surface area contributed by atoms with Gasteiger partial charge in [-0.15, -0.1) is 0 Å². The summed E-state index contributed by atoms with van der Waals surface area (Å²) in [5.74, 6) is -0.285. The van der Waals surface area contributed by atoms with Crippen LogP contribution in [0.1, 0.15) is 25.0 Å². The van der Waals surface area contributed by atoms with Gasteiger partial charge in [-0.05, 0) is 12.0 Å². The highest BCUT2D eigenvalue weighted by molar-refractivity contribution is 5.82. The van der Waals surface area contributed by atoms with Crippen LogP contribution in [0.5, 0.6) is 0 Å². The maximum absolute atomic E-state index is 11.9. The van der Waals surface area contributed by atoms with Gasteiger partial charge in [0.1, 0.15) is 6.04 Å². The summed E-state index contributed by atoms with van der Waals surface area (Å²) in [6.07, 6.45) is -0.0911. The second-order valence-electron chi connectivity index (χ2n) is 3.62. The van der Waals surface area contributed by atoms with Crippen molar-refractivity contribution in [2.24, 2.45) is 0 Å². The second-order valence-corrected chi connectivity index (χ2v) is 3.62.